The SMILES string of the molecule is C=C/C=C\C=C/C(=C)/C=C\C=C/CC1(c2ccccc2)c2ccc(C)cc2-c2cc3c(cc21)C=CCC3. The monoisotopic (exact) mass is 478 g/mol. The fourth-order valence-corrected chi connectivity index (χ4v) is 5.71. The second kappa shape index (κ2) is 10.8. The van der Waals surface area contributed by atoms with E-state index in [9.17, 15) is 0 Å². The van der Waals surface area contributed by atoms with Crippen LogP contribution >= 0.6 is 0 Å². The summed E-state index contributed by atoms with van der Waals surface area (Å²) in [4.78, 5) is 0. The van der Waals surface area contributed by atoms with Gasteiger partial charge in [0.1, 0.15) is 0 Å². The van der Waals surface area contributed by atoms with Crippen LogP contribution in [-0.2, 0) is 11.8 Å². The highest BCUT2D eigenvalue weighted by Gasteiger charge is 2.44. The molecular weight excluding hydrogens is 444 g/mol. The predicted molar refractivity (Wildman–Crippen MR) is 161 cm³/mol. The standard InChI is InChI=1S/C37H34/c1-4-5-6-9-16-28(2)17-10-8-15-24-37(32-20-11-7-12-21-32)35-23-22-29(3)25-33(35)34-26-30-18-13-14-19-31(30)27-36(34)37/h4-12,14-17,19-23,25-27H,1-2,13,18,24H2,3H3/b6-5-,15-8-,16-9-,17-10-. The van der Waals surface area contributed by atoms with Gasteiger partial charge in [-0.15, -0.1) is 0 Å². The number of benzene rings is 3. The number of rotatable bonds is 8. The van der Waals surface area contributed by atoms with E-state index in [4.69, 9.17) is 0 Å². The van der Waals surface area contributed by atoms with E-state index < -0.39 is 0 Å². The number of fused-ring (bicyclic) bond motifs is 4. The normalized spacial score (nSPS) is 18.1. The average molecular weight is 479 g/mol. The largest absolute Gasteiger partial charge is 0.0991 e. The smallest absolute Gasteiger partial charge is 0.0498 e. The van der Waals surface area contributed by atoms with Crippen LogP contribution in [0.15, 0.2) is 140 Å². The summed E-state index contributed by atoms with van der Waals surface area (Å²) in [5, 5.41) is 0. The number of allylic oxidation sites excluding steroid dienone is 11. The second-order valence-corrected chi connectivity index (χ2v) is 9.90. The maximum atomic E-state index is 4.12. The van der Waals surface area contributed by atoms with Crippen LogP contribution in [0.25, 0.3) is 17.2 Å². The van der Waals surface area contributed by atoms with Gasteiger partial charge in [-0.1, -0.05) is 140 Å². The lowest BCUT2D eigenvalue weighted by atomic mass is 9.69. The van der Waals surface area contributed by atoms with Gasteiger partial charge in [0.2, 0.25) is 0 Å². The molecule has 0 amide bonds. The number of aryl methyl sites for hydroxylation is 2. The lowest BCUT2D eigenvalue weighted by molar-refractivity contribution is 0.644. The molecule has 0 bridgehead atoms. The molecule has 0 aliphatic heterocycles. The molecule has 0 N–H and O–H groups in total. The average Bonchev–Trinajstić information content (AvgIpc) is 3.19. The summed E-state index contributed by atoms with van der Waals surface area (Å²) in [5.74, 6) is 0. The zero-order valence-electron chi connectivity index (χ0n) is 21.7. The third-order valence-corrected chi connectivity index (χ3v) is 7.46. The van der Waals surface area contributed by atoms with Crippen molar-refractivity contribution >= 4 is 6.08 Å². The zero-order chi connectivity index (χ0) is 25.7. The van der Waals surface area contributed by atoms with E-state index in [1.54, 1.807) is 6.08 Å². The Morgan fingerprint density at radius 2 is 1.65 bits per heavy atom. The highest BCUT2D eigenvalue weighted by Crippen LogP contribution is 2.55. The van der Waals surface area contributed by atoms with E-state index >= 15 is 0 Å². The first-order chi connectivity index (χ1) is 18.1. The van der Waals surface area contributed by atoms with Crippen LogP contribution in [0.2, 0.25) is 0 Å². The minimum absolute atomic E-state index is 0.226. The van der Waals surface area contributed by atoms with Crippen molar-refractivity contribution in [2.75, 3.05) is 0 Å². The molecule has 3 aromatic carbocycles. The van der Waals surface area contributed by atoms with Crippen molar-refractivity contribution in [1.82, 2.24) is 0 Å². The Kier molecular flexibility index (Phi) is 7.19. The number of hydrogen-bond acceptors (Lipinski definition) is 0. The summed E-state index contributed by atoms with van der Waals surface area (Å²) in [6, 6.07) is 23.0. The molecule has 182 valence electrons. The lowest BCUT2D eigenvalue weighted by Crippen LogP contribution is -2.26. The van der Waals surface area contributed by atoms with Gasteiger partial charge in [0.15, 0.2) is 0 Å². The van der Waals surface area contributed by atoms with Crippen molar-refractivity contribution in [3.63, 3.8) is 0 Å². The van der Waals surface area contributed by atoms with Gasteiger partial charge >= 0.3 is 0 Å². The second-order valence-electron chi connectivity index (χ2n) is 9.90. The van der Waals surface area contributed by atoms with E-state index in [0.29, 0.717) is 0 Å². The summed E-state index contributed by atoms with van der Waals surface area (Å²) in [5.41, 5.74) is 11.8. The lowest BCUT2D eigenvalue weighted by Gasteiger charge is -2.32. The maximum Gasteiger partial charge on any atom is 0.0498 e. The first-order valence-electron chi connectivity index (χ1n) is 13.1. The van der Waals surface area contributed by atoms with Gasteiger partial charge in [-0.05, 0) is 76.8 Å². The van der Waals surface area contributed by atoms with Gasteiger partial charge in [-0.2, -0.15) is 0 Å². The van der Waals surface area contributed by atoms with Crippen molar-refractivity contribution in [1.29, 1.82) is 0 Å². The molecule has 0 fully saturated rings. The molecule has 3 aromatic rings. The van der Waals surface area contributed by atoms with Crippen molar-refractivity contribution < 1.29 is 0 Å². The highest BCUT2D eigenvalue weighted by atomic mass is 14.5. The topological polar surface area (TPSA) is 0 Å². The Bertz CT molecular complexity index is 1470. The Morgan fingerprint density at radius 1 is 0.865 bits per heavy atom. The minimum atomic E-state index is -0.226. The summed E-state index contributed by atoms with van der Waals surface area (Å²) < 4.78 is 0. The maximum absolute atomic E-state index is 4.12. The molecule has 0 saturated heterocycles. The fourth-order valence-electron chi connectivity index (χ4n) is 5.71. The molecule has 37 heavy (non-hydrogen) atoms. The molecular formula is C37H34. The summed E-state index contributed by atoms with van der Waals surface area (Å²) >= 11 is 0. The Hall–Kier alpha value is -4.16. The van der Waals surface area contributed by atoms with Crippen LogP contribution in [0.4, 0.5) is 0 Å². The van der Waals surface area contributed by atoms with Crippen LogP contribution in [0, 0.1) is 6.92 Å². The predicted octanol–water partition coefficient (Wildman–Crippen LogP) is 9.63. The molecule has 0 spiro atoms. The van der Waals surface area contributed by atoms with Crippen LogP contribution in [0.3, 0.4) is 0 Å². The summed E-state index contributed by atoms with van der Waals surface area (Å²) in [7, 11) is 0. The van der Waals surface area contributed by atoms with Crippen LogP contribution < -0.4 is 0 Å². The summed E-state index contributed by atoms with van der Waals surface area (Å²) in [6.07, 6.45) is 26.0. The molecule has 2 aliphatic carbocycles. The number of hydrogen-bond donors (Lipinski definition) is 0. The highest BCUT2D eigenvalue weighted by molar-refractivity contribution is 5.86. The Labute approximate surface area is 222 Å². The molecule has 1 unspecified atom stereocenters. The molecule has 0 saturated carbocycles. The Morgan fingerprint density at radius 3 is 2.46 bits per heavy atom. The van der Waals surface area contributed by atoms with Gasteiger partial charge in [-0.25, -0.2) is 0 Å². The molecule has 2 aliphatic rings. The first-order valence-corrected chi connectivity index (χ1v) is 13.1. The first kappa shape index (κ1) is 24.5. The molecule has 5 rings (SSSR count). The molecule has 0 heteroatoms. The van der Waals surface area contributed by atoms with Crippen molar-refractivity contribution in [2.24, 2.45) is 0 Å². The third kappa shape index (κ3) is 4.80. The quantitative estimate of drug-likeness (QED) is 0.283. The van der Waals surface area contributed by atoms with E-state index in [-0.39, 0.29) is 5.41 Å². The van der Waals surface area contributed by atoms with E-state index in [0.717, 1.165) is 24.8 Å². The van der Waals surface area contributed by atoms with Crippen LogP contribution in [0.5, 0.6) is 0 Å². The van der Waals surface area contributed by atoms with Crippen molar-refractivity contribution in [2.45, 2.75) is 31.6 Å². The van der Waals surface area contributed by atoms with Gasteiger partial charge in [-0.3, -0.25) is 0 Å². The van der Waals surface area contributed by atoms with Crippen molar-refractivity contribution in [3.8, 4) is 11.1 Å². The van der Waals surface area contributed by atoms with Crippen LogP contribution in [0.1, 0.15) is 46.2 Å². The van der Waals surface area contributed by atoms with E-state index in [1.807, 2.05) is 30.4 Å². The van der Waals surface area contributed by atoms with Gasteiger partial charge in [0, 0.05) is 5.41 Å². The minimum Gasteiger partial charge on any atom is -0.0991 e. The van der Waals surface area contributed by atoms with E-state index in [2.05, 4.69) is 111 Å². The van der Waals surface area contributed by atoms with Gasteiger partial charge in [0.05, 0.1) is 0 Å². The fraction of sp³-hybridized carbons (Fsp3) is 0.135. The van der Waals surface area contributed by atoms with Crippen molar-refractivity contribution in [3.05, 3.63) is 174 Å². The molecule has 1 atom stereocenters. The van der Waals surface area contributed by atoms with Crippen LogP contribution in [-0.4, -0.2) is 0 Å². The molecule has 0 radical (unpaired) electrons. The molecule has 0 aromatic heterocycles. The third-order valence-electron chi connectivity index (χ3n) is 7.46. The molecule has 0 nitrogen and oxygen atoms in total. The Balaban J connectivity index is 1.57. The van der Waals surface area contributed by atoms with E-state index in [1.165, 1.54) is 44.5 Å². The van der Waals surface area contributed by atoms with Gasteiger partial charge < -0.3 is 0 Å². The molecule has 0 heterocycles. The zero-order valence-corrected chi connectivity index (χ0v) is 21.7. The van der Waals surface area contributed by atoms with Gasteiger partial charge in [0.25, 0.3) is 0 Å². The summed E-state index contributed by atoms with van der Waals surface area (Å²) in [6.45, 7) is 10.0.